The van der Waals surface area contributed by atoms with Crippen LogP contribution in [0.5, 0.6) is 0 Å². The summed E-state index contributed by atoms with van der Waals surface area (Å²) >= 11 is 0. The number of aromatic nitrogens is 1. The molecule has 1 aromatic carbocycles. The minimum atomic E-state index is -0.220. The van der Waals surface area contributed by atoms with E-state index in [2.05, 4.69) is 15.6 Å². The van der Waals surface area contributed by atoms with E-state index in [0.717, 1.165) is 25.7 Å². The summed E-state index contributed by atoms with van der Waals surface area (Å²) in [6.45, 7) is 0.545. The maximum absolute atomic E-state index is 12.4. The van der Waals surface area contributed by atoms with Crippen LogP contribution in [0.3, 0.4) is 0 Å². The highest BCUT2D eigenvalue weighted by Crippen LogP contribution is 2.38. The summed E-state index contributed by atoms with van der Waals surface area (Å²) in [5.74, 6) is 0.180. The van der Waals surface area contributed by atoms with Crippen molar-refractivity contribution in [2.45, 2.75) is 38.5 Å². The maximum Gasteiger partial charge on any atom is 0.256 e. The number of anilines is 2. The van der Waals surface area contributed by atoms with E-state index in [9.17, 15) is 9.59 Å². The second-order valence-electron chi connectivity index (χ2n) is 7.24. The molecule has 0 radical (unpaired) electrons. The van der Waals surface area contributed by atoms with Gasteiger partial charge in [-0.3, -0.25) is 9.59 Å². The summed E-state index contributed by atoms with van der Waals surface area (Å²) in [5, 5.41) is 5.63. The van der Waals surface area contributed by atoms with Crippen molar-refractivity contribution in [1.82, 2.24) is 4.98 Å². The van der Waals surface area contributed by atoms with E-state index in [4.69, 9.17) is 5.73 Å². The van der Waals surface area contributed by atoms with Gasteiger partial charge in [0.25, 0.3) is 5.91 Å². The standard InChI is InChI=1S/C21H26N4O2/c22-15-21(11-5-2-6-12-21)13-19(26)24-17-9-10-18(23-14-17)25-20(27)16-7-3-1-4-8-16/h1,3-4,7-10,14H,2,5-6,11-13,15,22H2,(H,24,26)(H,23,25,27). The van der Waals surface area contributed by atoms with Crippen LogP contribution in [0.15, 0.2) is 48.7 Å². The first-order valence-corrected chi connectivity index (χ1v) is 9.43. The van der Waals surface area contributed by atoms with Crippen LogP contribution in [0.2, 0.25) is 0 Å². The normalized spacial score (nSPS) is 15.7. The van der Waals surface area contributed by atoms with Gasteiger partial charge < -0.3 is 16.4 Å². The first-order valence-electron chi connectivity index (χ1n) is 9.43. The van der Waals surface area contributed by atoms with E-state index in [1.165, 1.54) is 6.42 Å². The second kappa shape index (κ2) is 8.77. The molecule has 1 saturated carbocycles. The van der Waals surface area contributed by atoms with Gasteiger partial charge in [0.1, 0.15) is 5.82 Å². The quantitative estimate of drug-likeness (QED) is 0.728. The number of hydrogen-bond acceptors (Lipinski definition) is 4. The molecule has 0 aliphatic heterocycles. The molecule has 0 saturated heterocycles. The molecule has 1 fully saturated rings. The fraction of sp³-hybridized carbons (Fsp3) is 0.381. The summed E-state index contributed by atoms with van der Waals surface area (Å²) in [6, 6.07) is 12.4. The third-order valence-corrected chi connectivity index (χ3v) is 5.21. The van der Waals surface area contributed by atoms with Crippen LogP contribution >= 0.6 is 0 Å². The minimum Gasteiger partial charge on any atom is -0.330 e. The van der Waals surface area contributed by atoms with Crippen molar-refractivity contribution in [2.75, 3.05) is 17.2 Å². The lowest BCUT2D eigenvalue weighted by molar-refractivity contribution is -0.118. The molecule has 142 valence electrons. The number of benzene rings is 1. The Hall–Kier alpha value is -2.73. The highest BCUT2D eigenvalue weighted by atomic mass is 16.2. The molecular formula is C21H26N4O2. The molecule has 0 atom stereocenters. The fourth-order valence-corrected chi connectivity index (χ4v) is 3.62. The van der Waals surface area contributed by atoms with Crippen LogP contribution in [0.25, 0.3) is 0 Å². The number of carbonyl (C=O) groups is 2. The van der Waals surface area contributed by atoms with Crippen molar-refractivity contribution in [1.29, 1.82) is 0 Å². The van der Waals surface area contributed by atoms with Crippen molar-refractivity contribution in [2.24, 2.45) is 11.1 Å². The Morgan fingerprint density at radius 3 is 2.37 bits per heavy atom. The van der Waals surface area contributed by atoms with E-state index in [0.29, 0.717) is 30.0 Å². The molecule has 3 rings (SSSR count). The third kappa shape index (κ3) is 5.14. The first-order chi connectivity index (χ1) is 13.1. The van der Waals surface area contributed by atoms with E-state index in [1.807, 2.05) is 6.07 Å². The number of carbonyl (C=O) groups excluding carboxylic acids is 2. The van der Waals surface area contributed by atoms with Crippen LogP contribution < -0.4 is 16.4 Å². The molecule has 4 N–H and O–H groups in total. The summed E-state index contributed by atoms with van der Waals surface area (Å²) in [7, 11) is 0. The van der Waals surface area contributed by atoms with E-state index in [1.54, 1.807) is 42.6 Å². The molecule has 0 bridgehead atoms. The highest BCUT2D eigenvalue weighted by Gasteiger charge is 2.32. The van der Waals surface area contributed by atoms with Gasteiger partial charge in [-0.05, 0) is 49.1 Å². The van der Waals surface area contributed by atoms with Crippen molar-refractivity contribution >= 4 is 23.3 Å². The molecule has 0 spiro atoms. The van der Waals surface area contributed by atoms with E-state index >= 15 is 0 Å². The van der Waals surface area contributed by atoms with Crippen molar-refractivity contribution < 1.29 is 9.59 Å². The topological polar surface area (TPSA) is 97.1 Å². The number of amides is 2. The number of nitrogens with two attached hydrogens (primary N) is 1. The van der Waals surface area contributed by atoms with Crippen LogP contribution in [-0.4, -0.2) is 23.3 Å². The second-order valence-corrected chi connectivity index (χ2v) is 7.24. The zero-order valence-electron chi connectivity index (χ0n) is 15.4. The van der Waals surface area contributed by atoms with Gasteiger partial charge in [0.15, 0.2) is 0 Å². The van der Waals surface area contributed by atoms with Gasteiger partial charge in [-0.2, -0.15) is 0 Å². The minimum absolute atomic E-state index is 0.0368. The molecular weight excluding hydrogens is 340 g/mol. The smallest absolute Gasteiger partial charge is 0.256 e. The lowest BCUT2D eigenvalue weighted by Crippen LogP contribution is -2.36. The third-order valence-electron chi connectivity index (χ3n) is 5.21. The van der Waals surface area contributed by atoms with Crippen LogP contribution in [0, 0.1) is 5.41 Å². The molecule has 27 heavy (non-hydrogen) atoms. The highest BCUT2D eigenvalue weighted by molar-refractivity contribution is 6.03. The largest absolute Gasteiger partial charge is 0.330 e. The van der Waals surface area contributed by atoms with Gasteiger partial charge in [-0.1, -0.05) is 37.5 Å². The number of hydrogen-bond donors (Lipinski definition) is 3. The zero-order chi connectivity index (χ0) is 19.1. The molecule has 2 amide bonds. The number of nitrogens with zero attached hydrogens (tertiary/aromatic N) is 1. The summed E-state index contributed by atoms with van der Waals surface area (Å²) in [5.41, 5.74) is 7.07. The summed E-state index contributed by atoms with van der Waals surface area (Å²) < 4.78 is 0. The molecule has 1 heterocycles. The van der Waals surface area contributed by atoms with Gasteiger partial charge in [-0.15, -0.1) is 0 Å². The van der Waals surface area contributed by atoms with Crippen LogP contribution in [0.4, 0.5) is 11.5 Å². The van der Waals surface area contributed by atoms with Gasteiger partial charge in [0, 0.05) is 12.0 Å². The molecule has 1 aliphatic rings. The van der Waals surface area contributed by atoms with Gasteiger partial charge >= 0.3 is 0 Å². The van der Waals surface area contributed by atoms with Crippen molar-refractivity contribution in [3.63, 3.8) is 0 Å². The molecule has 0 unspecified atom stereocenters. The molecule has 6 heteroatoms. The number of nitrogens with one attached hydrogen (secondary N) is 2. The van der Waals surface area contributed by atoms with Gasteiger partial charge in [0.2, 0.25) is 5.91 Å². The number of pyridine rings is 1. The van der Waals surface area contributed by atoms with Crippen molar-refractivity contribution in [3.05, 3.63) is 54.2 Å². The Balaban J connectivity index is 1.55. The molecule has 1 aromatic heterocycles. The maximum atomic E-state index is 12.4. The predicted molar refractivity (Wildman–Crippen MR) is 106 cm³/mol. The summed E-state index contributed by atoms with van der Waals surface area (Å²) in [4.78, 5) is 28.8. The molecule has 2 aromatic rings. The van der Waals surface area contributed by atoms with Gasteiger partial charge in [0.05, 0.1) is 11.9 Å². The SMILES string of the molecule is NCC1(CC(=O)Nc2ccc(NC(=O)c3ccccc3)nc2)CCCCC1. The zero-order valence-corrected chi connectivity index (χ0v) is 15.4. The van der Waals surface area contributed by atoms with Crippen LogP contribution in [0.1, 0.15) is 48.9 Å². The lowest BCUT2D eigenvalue weighted by Gasteiger charge is -2.35. The van der Waals surface area contributed by atoms with Crippen molar-refractivity contribution in [3.8, 4) is 0 Å². The monoisotopic (exact) mass is 366 g/mol. The fourth-order valence-electron chi connectivity index (χ4n) is 3.62. The predicted octanol–water partition coefficient (Wildman–Crippen LogP) is 3.57. The Morgan fingerprint density at radius 2 is 1.74 bits per heavy atom. The first kappa shape index (κ1) is 19.0. The Morgan fingerprint density at radius 1 is 1.00 bits per heavy atom. The average Bonchev–Trinajstić information content (AvgIpc) is 2.70. The number of rotatable bonds is 6. The van der Waals surface area contributed by atoms with E-state index in [-0.39, 0.29) is 17.2 Å². The molecule has 1 aliphatic carbocycles. The molecule has 6 nitrogen and oxygen atoms in total. The summed E-state index contributed by atoms with van der Waals surface area (Å²) in [6.07, 6.45) is 7.52. The lowest BCUT2D eigenvalue weighted by atomic mass is 9.71. The Kier molecular flexibility index (Phi) is 6.19. The Labute approximate surface area is 159 Å². The average molecular weight is 366 g/mol. The van der Waals surface area contributed by atoms with E-state index < -0.39 is 0 Å². The van der Waals surface area contributed by atoms with Crippen LogP contribution in [-0.2, 0) is 4.79 Å². The Bertz CT molecular complexity index is 769. The van der Waals surface area contributed by atoms with Gasteiger partial charge in [-0.25, -0.2) is 4.98 Å².